The fourth-order valence-electron chi connectivity index (χ4n) is 1.67. The third kappa shape index (κ3) is 3.59. The Hall–Kier alpha value is -0.810. The normalized spacial score (nSPS) is 12.6. The Morgan fingerprint density at radius 3 is 2.44 bits per heavy atom. The zero-order valence-electron chi connectivity index (χ0n) is 10.6. The SMILES string of the molecule is Cc1ccc(SCC(NN)c2ccc(C)s2)cc1. The number of nitrogens with two attached hydrogens (primary N) is 1. The molecule has 0 aliphatic carbocycles. The largest absolute Gasteiger partial charge is 0.271 e. The molecule has 18 heavy (non-hydrogen) atoms. The zero-order chi connectivity index (χ0) is 13.0. The van der Waals surface area contributed by atoms with E-state index < -0.39 is 0 Å². The van der Waals surface area contributed by atoms with Crippen molar-refractivity contribution >= 4 is 23.1 Å². The van der Waals surface area contributed by atoms with Gasteiger partial charge in [-0.25, -0.2) is 0 Å². The lowest BCUT2D eigenvalue weighted by Crippen LogP contribution is -2.29. The van der Waals surface area contributed by atoms with E-state index in [1.165, 1.54) is 20.2 Å². The Labute approximate surface area is 117 Å². The number of aryl methyl sites for hydroxylation is 2. The van der Waals surface area contributed by atoms with Crippen molar-refractivity contribution in [3.8, 4) is 0 Å². The van der Waals surface area contributed by atoms with Crippen LogP contribution in [0.25, 0.3) is 0 Å². The van der Waals surface area contributed by atoms with Crippen LogP contribution in [0.1, 0.15) is 21.4 Å². The van der Waals surface area contributed by atoms with E-state index in [0.717, 1.165) is 5.75 Å². The molecule has 1 unspecified atom stereocenters. The zero-order valence-corrected chi connectivity index (χ0v) is 12.3. The van der Waals surface area contributed by atoms with Crippen molar-refractivity contribution in [3.63, 3.8) is 0 Å². The fraction of sp³-hybridized carbons (Fsp3) is 0.286. The van der Waals surface area contributed by atoms with E-state index in [2.05, 4.69) is 55.7 Å². The summed E-state index contributed by atoms with van der Waals surface area (Å²) < 4.78 is 0. The summed E-state index contributed by atoms with van der Waals surface area (Å²) in [7, 11) is 0. The van der Waals surface area contributed by atoms with Crippen molar-refractivity contribution in [3.05, 3.63) is 51.7 Å². The molecule has 2 nitrogen and oxygen atoms in total. The van der Waals surface area contributed by atoms with E-state index in [1.54, 1.807) is 11.3 Å². The first kappa shape index (κ1) is 13.6. The Kier molecular flexibility index (Phi) is 4.83. The Bertz CT molecular complexity index is 491. The van der Waals surface area contributed by atoms with Gasteiger partial charge in [0.05, 0.1) is 6.04 Å². The van der Waals surface area contributed by atoms with E-state index in [-0.39, 0.29) is 6.04 Å². The molecule has 0 bridgehead atoms. The van der Waals surface area contributed by atoms with E-state index in [9.17, 15) is 0 Å². The van der Waals surface area contributed by atoms with Crippen molar-refractivity contribution in [1.29, 1.82) is 0 Å². The summed E-state index contributed by atoms with van der Waals surface area (Å²) in [6.07, 6.45) is 0. The number of benzene rings is 1. The highest BCUT2D eigenvalue weighted by Crippen LogP contribution is 2.28. The van der Waals surface area contributed by atoms with Crippen LogP contribution in [0.5, 0.6) is 0 Å². The summed E-state index contributed by atoms with van der Waals surface area (Å²) >= 11 is 3.63. The van der Waals surface area contributed by atoms with Crippen LogP contribution in [0.3, 0.4) is 0 Å². The summed E-state index contributed by atoms with van der Waals surface area (Å²) in [6.45, 7) is 4.22. The standard InChI is InChI=1S/C14H18N2S2/c1-10-3-6-12(7-4-10)17-9-13(16-15)14-8-5-11(2)18-14/h3-8,13,16H,9,15H2,1-2H3. The molecule has 0 spiro atoms. The van der Waals surface area contributed by atoms with Crippen LogP contribution in [0.15, 0.2) is 41.3 Å². The first-order valence-electron chi connectivity index (χ1n) is 5.91. The highest BCUT2D eigenvalue weighted by atomic mass is 32.2. The Balaban J connectivity index is 1.97. The first-order valence-corrected chi connectivity index (χ1v) is 7.71. The van der Waals surface area contributed by atoms with Crippen molar-refractivity contribution in [1.82, 2.24) is 5.43 Å². The average Bonchev–Trinajstić information content (AvgIpc) is 2.79. The van der Waals surface area contributed by atoms with Gasteiger partial charge in [-0.3, -0.25) is 11.3 Å². The molecule has 0 fully saturated rings. The molecule has 2 rings (SSSR count). The van der Waals surface area contributed by atoms with Crippen LogP contribution in [-0.2, 0) is 0 Å². The third-order valence-electron chi connectivity index (χ3n) is 2.74. The molecule has 1 aromatic carbocycles. The minimum atomic E-state index is 0.218. The lowest BCUT2D eigenvalue weighted by molar-refractivity contribution is 0.620. The second kappa shape index (κ2) is 6.38. The van der Waals surface area contributed by atoms with Gasteiger partial charge in [-0.15, -0.1) is 23.1 Å². The molecule has 96 valence electrons. The highest BCUT2D eigenvalue weighted by molar-refractivity contribution is 7.99. The van der Waals surface area contributed by atoms with Crippen LogP contribution in [0.2, 0.25) is 0 Å². The van der Waals surface area contributed by atoms with Gasteiger partial charge in [0.1, 0.15) is 0 Å². The quantitative estimate of drug-likeness (QED) is 0.498. The maximum Gasteiger partial charge on any atom is 0.0647 e. The van der Waals surface area contributed by atoms with E-state index in [0.29, 0.717) is 0 Å². The molecule has 2 aromatic rings. The molecule has 3 N–H and O–H groups in total. The van der Waals surface area contributed by atoms with Gasteiger partial charge in [-0.2, -0.15) is 0 Å². The van der Waals surface area contributed by atoms with Gasteiger partial charge in [0.2, 0.25) is 0 Å². The summed E-state index contributed by atoms with van der Waals surface area (Å²) in [5.41, 5.74) is 4.20. The number of thioether (sulfide) groups is 1. The smallest absolute Gasteiger partial charge is 0.0647 e. The molecule has 0 radical (unpaired) electrons. The summed E-state index contributed by atoms with van der Waals surface area (Å²) in [6, 6.07) is 13.1. The second-order valence-corrected chi connectivity index (χ2v) is 6.70. The number of rotatable bonds is 5. The van der Waals surface area contributed by atoms with Gasteiger partial charge in [0, 0.05) is 20.4 Å². The monoisotopic (exact) mass is 278 g/mol. The number of hydrogen-bond donors (Lipinski definition) is 2. The van der Waals surface area contributed by atoms with Crippen LogP contribution in [0, 0.1) is 13.8 Å². The molecule has 0 aliphatic heterocycles. The summed E-state index contributed by atoms with van der Waals surface area (Å²) in [5.74, 6) is 6.59. The Morgan fingerprint density at radius 1 is 1.17 bits per heavy atom. The predicted octanol–water partition coefficient (Wildman–Crippen LogP) is 3.66. The molecule has 4 heteroatoms. The van der Waals surface area contributed by atoms with E-state index in [1.807, 2.05) is 11.8 Å². The number of hydrazine groups is 1. The van der Waals surface area contributed by atoms with E-state index >= 15 is 0 Å². The van der Waals surface area contributed by atoms with Crippen molar-refractivity contribution < 1.29 is 0 Å². The van der Waals surface area contributed by atoms with Crippen molar-refractivity contribution in [2.45, 2.75) is 24.8 Å². The van der Waals surface area contributed by atoms with Crippen molar-refractivity contribution in [2.24, 2.45) is 5.84 Å². The average molecular weight is 278 g/mol. The summed E-state index contributed by atoms with van der Waals surface area (Å²) in [4.78, 5) is 3.91. The van der Waals surface area contributed by atoms with Gasteiger partial charge in [-0.05, 0) is 38.1 Å². The van der Waals surface area contributed by atoms with Crippen LogP contribution in [-0.4, -0.2) is 5.75 Å². The molecule has 0 amide bonds. The van der Waals surface area contributed by atoms with Crippen LogP contribution >= 0.6 is 23.1 Å². The highest BCUT2D eigenvalue weighted by Gasteiger charge is 2.11. The Morgan fingerprint density at radius 2 is 1.89 bits per heavy atom. The minimum Gasteiger partial charge on any atom is -0.271 e. The maximum absolute atomic E-state index is 5.65. The molecule has 1 aromatic heterocycles. The maximum atomic E-state index is 5.65. The first-order chi connectivity index (χ1) is 8.69. The summed E-state index contributed by atoms with van der Waals surface area (Å²) in [5, 5.41) is 0. The third-order valence-corrected chi connectivity index (χ3v) is 4.96. The van der Waals surface area contributed by atoms with Crippen LogP contribution in [0.4, 0.5) is 0 Å². The minimum absolute atomic E-state index is 0.218. The number of thiophene rings is 1. The second-order valence-electron chi connectivity index (χ2n) is 4.29. The molecular formula is C14H18N2S2. The lowest BCUT2D eigenvalue weighted by Gasteiger charge is -2.13. The molecule has 0 aliphatic rings. The molecule has 0 saturated heterocycles. The number of nitrogens with one attached hydrogen (secondary N) is 1. The molecular weight excluding hydrogens is 260 g/mol. The van der Waals surface area contributed by atoms with Crippen molar-refractivity contribution in [2.75, 3.05) is 5.75 Å². The van der Waals surface area contributed by atoms with Gasteiger partial charge in [-0.1, -0.05) is 17.7 Å². The predicted molar refractivity (Wildman–Crippen MR) is 81.0 cm³/mol. The fourth-order valence-corrected chi connectivity index (χ4v) is 3.67. The van der Waals surface area contributed by atoms with E-state index in [4.69, 9.17) is 5.84 Å². The van der Waals surface area contributed by atoms with Gasteiger partial charge in [0.15, 0.2) is 0 Å². The molecule has 1 atom stereocenters. The molecule has 0 saturated carbocycles. The topological polar surface area (TPSA) is 38.0 Å². The van der Waals surface area contributed by atoms with Gasteiger partial charge >= 0.3 is 0 Å². The van der Waals surface area contributed by atoms with Gasteiger partial charge in [0.25, 0.3) is 0 Å². The lowest BCUT2D eigenvalue weighted by atomic mass is 10.2. The van der Waals surface area contributed by atoms with Crippen LogP contribution < -0.4 is 11.3 Å². The number of hydrogen-bond acceptors (Lipinski definition) is 4. The van der Waals surface area contributed by atoms with Gasteiger partial charge < -0.3 is 0 Å². The molecule has 1 heterocycles.